The summed E-state index contributed by atoms with van der Waals surface area (Å²) < 4.78 is 26.0. The van der Waals surface area contributed by atoms with Crippen molar-refractivity contribution in [1.82, 2.24) is 10.2 Å². The lowest BCUT2D eigenvalue weighted by atomic mass is 10.1. The van der Waals surface area contributed by atoms with E-state index < -0.39 is 11.6 Å². The molecule has 0 spiro atoms. The van der Waals surface area contributed by atoms with E-state index >= 15 is 0 Å². The van der Waals surface area contributed by atoms with Crippen LogP contribution in [0, 0.1) is 25.5 Å². The minimum Gasteiger partial charge on any atom is -0.326 e. The number of halogens is 2. The van der Waals surface area contributed by atoms with E-state index in [-0.39, 0.29) is 0 Å². The van der Waals surface area contributed by atoms with Gasteiger partial charge in [-0.3, -0.25) is 0 Å². The first-order valence-corrected chi connectivity index (χ1v) is 6.50. The molecule has 0 saturated heterocycles. The number of benzene rings is 1. The van der Waals surface area contributed by atoms with E-state index in [1.807, 2.05) is 13.8 Å². The highest BCUT2D eigenvalue weighted by atomic mass is 32.2. The summed E-state index contributed by atoms with van der Waals surface area (Å²) in [6, 6.07) is 3.73. The third-order valence-electron chi connectivity index (χ3n) is 2.85. The average Bonchev–Trinajstić information content (AvgIpc) is 2.39. The summed E-state index contributed by atoms with van der Waals surface area (Å²) in [5.41, 5.74) is 8.38. The van der Waals surface area contributed by atoms with E-state index in [2.05, 4.69) is 10.2 Å². The molecule has 0 atom stereocenters. The maximum atomic E-state index is 13.2. The molecule has 0 aliphatic heterocycles. The zero-order valence-corrected chi connectivity index (χ0v) is 11.4. The number of hydrogen-bond acceptors (Lipinski definition) is 4. The first-order valence-electron chi connectivity index (χ1n) is 5.68. The molecular weight excluding hydrogens is 268 g/mol. The summed E-state index contributed by atoms with van der Waals surface area (Å²) >= 11 is 1.22. The molecule has 0 radical (unpaired) electrons. The van der Waals surface area contributed by atoms with Crippen LogP contribution in [0.15, 0.2) is 28.1 Å². The molecule has 0 fully saturated rings. The molecule has 6 heteroatoms. The Morgan fingerprint density at radius 1 is 1.16 bits per heavy atom. The van der Waals surface area contributed by atoms with E-state index in [0.717, 1.165) is 29.0 Å². The summed E-state index contributed by atoms with van der Waals surface area (Å²) in [5.74, 6) is -1.74. The molecule has 0 amide bonds. The minimum atomic E-state index is -0.879. The van der Waals surface area contributed by atoms with Gasteiger partial charge in [-0.05, 0) is 37.6 Å². The molecule has 100 valence electrons. The number of aromatic nitrogens is 2. The van der Waals surface area contributed by atoms with Gasteiger partial charge >= 0.3 is 0 Å². The summed E-state index contributed by atoms with van der Waals surface area (Å²) in [6.45, 7) is 4.10. The van der Waals surface area contributed by atoms with Crippen LogP contribution in [0.25, 0.3) is 0 Å². The van der Waals surface area contributed by atoms with Crippen molar-refractivity contribution in [2.75, 3.05) is 0 Å². The monoisotopic (exact) mass is 281 g/mol. The maximum absolute atomic E-state index is 13.2. The lowest BCUT2D eigenvalue weighted by molar-refractivity contribution is 0.506. The standard InChI is InChI=1S/C13H13F2N3S/c1-7-8(2)17-18-13(10(7)6-16)19-9-3-4-11(14)12(15)5-9/h3-5H,6,16H2,1-2H3. The molecule has 3 nitrogen and oxygen atoms in total. The summed E-state index contributed by atoms with van der Waals surface area (Å²) in [5, 5.41) is 8.73. The van der Waals surface area contributed by atoms with Gasteiger partial charge in [-0.15, -0.1) is 5.10 Å². The Balaban J connectivity index is 2.38. The minimum absolute atomic E-state index is 0.328. The molecule has 0 aliphatic rings. The normalized spacial score (nSPS) is 10.8. The Kier molecular flexibility index (Phi) is 4.11. The second kappa shape index (κ2) is 5.63. The van der Waals surface area contributed by atoms with Crippen LogP contribution in [0.4, 0.5) is 8.78 Å². The van der Waals surface area contributed by atoms with Gasteiger partial charge in [0.15, 0.2) is 11.6 Å². The van der Waals surface area contributed by atoms with Crippen LogP contribution in [0.3, 0.4) is 0 Å². The lowest BCUT2D eigenvalue weighted by Gasteiger charge is -2.10. The Bertz CT molecular complexity index is 617. The van der Waals surface area contributed by atoms with Gasteiger partial charge in [-0.2, -0.15) is 5.10 Å². The zero-order chi connectivity index (χ0) is 14.0. The van der Waals surface area contributed by atoms with Crippen molar-refractivity contribution in [3.63, 3.8) is 0 Å². The highest BCUT2D eigenvalue weighted by Gasteiger charge is 2.12. The van der Waals surface area contributed by atoms with E-state index in [0.29, 0.717) is 16.5 Å². The number of rotatable bonds is 3. The summed E-state index contributed by atoms with van der Waals surface area (Å²) in [7, 11) is 0. The van der Waals surface area contributed by atoms with E-state index in [4.69, 9.17) is 5.73 Å². The van der Waals surface area contributed by atoms with Gasteiger partial charge in [0.25, 0.3) is 0 Å². The summed E-state index contributed by atoms with van der Waals surface area (Å²) in [4.78, 5) is 0.561. The predicted molar refractivity (Wildman–Crippen MR) is 69.9 cm³/mol. The first kappa shape index (κ1) is 13.9. The molecule has 2 N–H and O–H groups in total. The van der Waals surface area contributed by atoms with Crippen molar-refractivity contribution in [2.24, 2.45) is 5.73 Å². The van der Waals surface area contributed by atoms with Gasteiger partial charge in [0.1, 0.15) is 5.03 Å². The Morgan fingerprint density at radius 2 is 1.89 bits per heavy atom. The molecule has 19 heavy (non-hydrogen) atoms. The van der Waals surface area contributed by atoms with Crippen LogP contribution in [-0.4, -0.2) is 10.2 Å². The fourth-order valence-corrected chi connectivity index (χ4v) is 2.57. The van der Waals surface area contributed by atoms with Gasteiger partial charge in [0, 0.05) is 17.0 Å². The highest BCUT2D eigenvalue weighted by Crippen LogP contribution is 2.30. The SMILES string of the molecule is Cc1nnc(Sc2ccc(F)c(F)c2)c(CN)c1C. The number of nitrogens with two attached hydrogens (primary N) is 1. The first-order chi connectivity index (χ1) is 9.02. The van der Waals surface area contributed by atoms with Crippen LogP contribution in [0.5, 0.6) is 0 Å². The lowest BCUT2D eigenvalue weighted by Crippen LogP contribution is -2.06. The van der Waals surface area contributed by atoms with Gasteiger partial charge in [0.2, 0.25) is 0 Å². The number of nitrogens with zero attached hydrogens (tertiary/aromatic N) is 2. The van der Waals surface area contributed by atoms with Gasteiger partial charge in [0.05, 0.1) is 5.69 Å². The Morgan fingerprint density at radius 3 is 2.53 bits per heavy atom. The van der Waals surface area contributed by atoms with Crippen molar-refractivity contribution in [2.45, 2.75) is 30.3 Å². The average molecular weight is 281 g/mol. The largest absolute Gasteiger partial charge is 0.326 e. The van der Waals surface area contributed by atoms with Crippen molar-refractivity contribution < 1.29 is 8.78 Å². The van der Waals surface area contributed by atoms with Crippen molar-refractivity contribution in [3.8, 4) is 0 Å². The van der Waals surface area contributed by atoms with E-state index in [9.17, 15) is 8.78 Å². The molecule has 0 saturated carbocycles. The molecule has 0 bridgehead atoms. The second-order valence-corrected chi connectivity index (χ2v) is 5.14. The Labute approximate surface area is 114 Å². The molecule has 1 aromatic carbocycles. The fraction of sp³-hybridized carbons (Fsp3) is 0.231. The zero-order valence-electron chi connectivity index (χ0n) is 10.6. The van der Waals surface area contributed by atoms with Gasteiger partial charge in [-0.25, -0.2) is 8.78 Å². The highest BCUT2D eigenvalue weighted by molar-refractivity contribution is 7.99. The maximum Gasteiger partial charge on any atom is 0.159 e. The van der Waals surface area contributed by atoms with Crippen LogP contribution < -0.4 is 5.73 Å². The van der Waals surface area contributed by atoms with Gasteiger partial charge < -0.3 is 5.73 Å². The smallest absolute Gasteiger partial charge is 0.159 e. The van der Waals surface area contributed by atoms with Gasteiger partial charge in [-0.1, -0.05) is 11.8 Å². The second-order valence-electron chi connectivity index (χ2n) is 4.08. The molecule has 1 aromatic heterocycles. The van der Waals surface area contributed by atoms with Crippen LogP contribution in [0.2, 0.25) is 0 Å². The Hall–Kier alpha value is -1.53. The van der Waals surface area contributed by atoms with Crippen molar-refractivity contribution >= 4 is 11.8 Å². The van der Waals surface area contributed by atoms with Crippen LogP contribution >= 0.6 is 11.8 Å². The topological polar surface area (TPSA) is 51.8 Å². The third-order valence-corrected chi connectivity index (χ3v) is 3.87. The molecule has 1 heterocycles. The number of hydrogen-bond donors (Lipinski definition) is 1. The number of aryl methyl sites for hydroxylation is 1. The van der Waals surface area contributed by atoms with Crippen LogP contribution in [0.1, 0.15) is 16.8 Å². The van der Waals surface area contributed by atoms with E-state index in [1.165, 1.54) is 17.8 Å². The third kappa shape index (κ3) is 2.90. The molecule has 2 rings (SSSR count). The van der Waals surface area contributed by atoms with Crippen LogP contribution in [-0.2, 0) is 6.54 Å². The van der Waals surface area contributed by atoms with Crippen molar-refractivity contribution in [1.29, 1.82) is 0 Å². The predicted octanol–water partition coefficient (Wildman–Crippen LogP) is 2.98. The fourth-order valence-electron chi connectivity index (χ4n) is 1.61. The van der Waals surface area contributed by atoms with E-state index in [1.54, 1.807) is 0 Å². The summed E-state index contributed by atoms with van der Waals surface area (Å²) in [6.07, 6.45) is 0. The molecule has 2 aromatic rings. The molecule has 0 unspecified atom stereocenters. The molecular formula is C13H13F2N3S. The molecule has 0 aliphatic carbocycles. The quantitative estimate of drug-likeness (QED) is 0.939. The van der Waals surface area contributed by atoms with Crippen molar-refractivity contribution in [3.05, 3.63) is 46.7 Å².